The summed E-state index contributed by atoms with van der Waals surface area (Å²) in [6.45, 7) is 4.09. The zero-order valence-corrected chi connectivity index (χ0v) is 17.3. The van der Waals surface area contributed by atoms with Crippen LogP contribution in [0.3, 0.4) is 0 Å². The smallest absolute Gasteiger partial charge is 0.229 e. The van der Waals surface area contributed by atoms with Crippen LogP contribution >= 0.6 is 49.1 Å². The fourth-order valence-electron chi connectivity index (χ4n) is 2.59. The molecular weight excluding hydrogens is 352 g/mol. The normalized spacial score (nSPS) is 15.3. The number of rotatable bonds is 14. The van der Waals surface area contributed by atoms with E-state index in [2.05, 4.69) is 32.2 Å². The van der Waals surface area contributed by atoms with Gasteiger partial charge in [-0.15, -0.1) is 12.6 Å². The molecule has 0 aliphatic heterocycles. The van der Waals surface area contributed by atoms with Crippen molar-refractivity contribution < 1.29 is 4.79 Å². The van der Waals surface area contributed by atoms with Crippen molar-refractivity contribution in [2.75, 3.05) is 0 Å². The fourth-order valence-corrected chi connectivity index (χ4v) is 3.67. The van der Waals surface area contributed by atoms with Crippen molar-refractivity contribution in [3.05, 3.63) is 0 Å². The van der Waals surface area contributed by atoms with Gasteiger partial charge in [-0.05, 0) is 24.9 Å². The molecule has 0 N–H and O–H groups in total. The Morgan fingerprint density at radius 1 is 1.05 bits per heavy atom. The van der Waals surface area contributed by atoms with E-state index in [1.165, 1.54) is 51.4 Å². The highest BCUT2D eigenvalue weighted by atomic mass is 35.5. The van der Waals surface area contributed by atoms with Gasteiger partial charge in [-0.3, -0.25) is 4.79 Å². The van der Waals surface area contributed by atoms with E-state index >= 15 is 0 Å². The van der Waals surface area contributed by atoms with Gasteiger partial charge in [-0.25, -0.2) is 0 Å². The molecule has 0 heterocycles. The molecular formula is C17H31ClOS3. The average Bonchev–Trinajstić information content (AvgIpc) is 2.47. The van der Waals surface area contributed by atoms with Gasteiger partial charge in [0.1, 0.15) is 0 Å². The number of thiol groups is 2. The number of carbonyl (C=O) groups excluding carboxylic acids is 1. The molecule has 0 rings (SSSR count). The summed E-state index contributed by atoms with van der Waals surface area (Å²) in [5.74, 6) is 0. The van der Waals surface area contributed by atoms with E-state index in [-0.39, 0.29) is 10.5 Å². The van der Waals surface area contributed by atoms with Crippen LogP contribution in [-0.2, 0) is 4.79 Å². The lowest BCUT2D eigenvalue weighted by Crippen LogP contribution is -2.37. The number of unbranched alkanes of at least 4 members (excludes halogenated alkanes) is 9. The molecule has 0 saturated heterocycles. The first-order chi connectivity index (χ1) is 10.4. The molecule has 0 aromatic carbocycles. The summed E-state index contributed by atoms with van der Waals surface area (Å²) in [5, 5.41) is -0.728. The summed E-state index contributed by atoms with van der Waals surface area (Å²) in [7, 11) is 0. The van der Waals surface area contributed by atoms with Gasteiger partial charge in [0.05, 0.1) is 14.9 Å². The molecule has 0 aliphatic carbocycles. The molecule has 0 fully saturated rings. The Bertz CT molecular complexity index is 336. The van der Waals surface area contributed by atoms with Crippen molar-refractivity contribution in [1.82, 2.24) is 0 Å². The van der Waals surface area contributed by atoms with E-state index < -0.39 is 5.41 Å². The zero-order valence-electron chi connectivity index (χ0n) is 13.9. The van der Waals surface area contributed by atoms with E-state index in [4.69, 9.17) is 23.8 Å². The minimum absolute atomic E-state index is 0.361. The lowest BCUT2D eigenvalue weighted by Gasteiger charge is -2.30. The van der Waals surface area contributed by atoms with Gasteiger partial charge in [-0.1, -0.05) is 83.3 Å². The molecule has 1 nitrogen and oxygen atoms in total. The van der Waals surface area contributed by atoms with Gasteiger partial charge >= 0.3 is 0 Å². The van der Waals surface area contributed by atoms with Crippen LogP contribution < -0.4 is 0 Å². The van der Waals surface area contributed by atoms with Crippen molar-refractivity contribution in [2.45, 2.75) is 89.7 Å². The molecule has 0 aliphatic rings. The van der Waals surface area contributed by atoms with Crippen LogP contribution in [0.25, 0.3) is 0 Å². The maximum atomic E-state index is 11.7. The maximum Gasteiger partial charge on any atom is 0.229 e. The molecule has 0 radical (unpaired) electrons. The van der Waals surface area contributed by atoms with Crippen molar-refractivity contribution >= 4 is 58.5 Å². The van der Waals surface area contributed by atoms with Crippen LogP contribution in [-0.4, -0.2) is 14.7 Å². The van der Waals surface area contributed by atoms with Crippen LogP contribution in [0.2, 0.25) is 0 Å². The zero-order chi connectivity index (χ0) is 17.0. The lowest BCUT2D eigenvalue weighted by atomic mass is 9.82. The Morgan fingerprint density at radius 2 is 1.45 bits per heavy atom. The molecule has 22 heavy (non-hydrogen) atoms. The highest BCUT2D eigenvalue weighted by Gasteiger charge is 2.39. The third-order valence-electron chi connectivity index (χ3n) is 4.34. The summed E-state index contributed by atoms with van der Waals surface area (Å²) < 4.78 is 0.437. The third kappa shape index (κ3) is 9.14. The van der Waals surface area contributed by atoms with Crippen LogP contribution in [0, 0.1) is 5.41 Å². The van der Waals surface area contributed by atoms with Gasteiger partial charge < -0.3 is 0 Å². The monoisotopic (exact) mass is 382 g/mol. The van der Waals surface area contributed by atoms with E-state index in [1.807, 2.05) is 6.92 Å². The number of carbonyl (C=O) groups is 1. The molecule has 0 bridgehead atoms. The van der Waals surface area contributed by atoms with Crippen LogP contribution in [0.4, 0.5) is 0 Å². The Labute approximate surface area is 158 Å². The second-order valence-corrected chi connectivity index (χ2v) is 8.45. The lowest BCUT2D eigenvalue weighted by molar-refractivity contribution is -0.119. The molecule has 0 aromatic rings. The largest absolute Gasteiger partial charge is 0.281 e. The minimum Gasteiger partial charge on any atom is -0.281 e. The maximum absolute atomic E-state index is 11.7. The fraction of sp³-hybridized carbons (Fsp3) is 0.882. The topological polar surface area (TPSA) is 17.1 Å². The van der Waals surface area contributed by atoms with Gasteiger partial charge in [0.2, 0.25) is 5.24 Å². The second-order valence-electron chi connectivity index (χ2n) is 6.36. The summed E-state index contributed by atoms with van der Waals surface area (Å²) in [6, 6.07) is 0. The van der Waals surface area contributed by atoms with Crippen LogP contribution in [0.5, 0.6) is 0 Å². The van der Waals surface area contributed by atoms with E-state index in [9.17, 15) is 4.79 Å². The Morgan fingerprint density at radius 3 is 1.82 bits per heavy atom. The van der Waals surface area contributed by atoms with Crippen molar-refractivity contribution in [1.29, 1.82) is 0 Å². The number of thiocarbonyl (C=S) groups is 1. The summed E-state index contributed by atoms with van der Waals surface area (Å²) in [6.07, 6.45) is 13.4. The Balaban J connectivity index is 3.83. The molecule has 5 heteroatoms. The molecule has 130 valence electrons. The van der Waals surface area contributed by atoms with Gasteiger partial charge in [-0.2, -0.15) is 12.6 Å². The quantitative estimate of drug-likeness (QED) is 0.152. The summed E-state index contributed by atoms with van der Waals surface area (Å²) >= 11 is 19.4. The van der Waals surface area contributed by atoms with Crippen molar-refractivity contribution in [3.8, 4) is 0 Å². The standard InChI is InChI=1S/C17H31ClOS3/c1-3-4-5-6-7-8-9-10-11-12-13-17(2,16(18)19)14(20)15(21)22/h14,20H,3-13H2,1-2H3,(H,21,22). The summed E-state index contributed by atoms with van der Waals surface area (Å²) in [5.41, 5.74) is -0.705. The Kier molecular flexibility index (Phi) is 13.5. The average molecular weight is 383 g/mol. The molecule has 0 spiro atoms. The number of hydrogen-bond acceptors (Lipinski definition) is 3. The third-order valence-corrected chi connectivity index (χ3v) is 6.47. The second kappa shape index (κ2) is 13.1. The molecule has 0 aromatic heterocycles. The van der Waals surface area contributed by atoms with E-state index in [0.29, 0.717) is 4.20 Å². The first-order valence-corrected chi connectivity index (χ1v) is 10.2. The van der Waals surface area contributed by atoms with Crippen LogP contribution in [0.1, 0.15) is 84.5 Å². The predicted octanol–water partition coefficient (Wildman–Crippen LogP) is 6.62. The number of halogens is 1. The van der Waals surface area contributed by atoms with Crippen LogP contribution in [0.15, 0.2) is 0 Å². The van der Waals surface area contributed by atoms with Crippen molar-refractivity contribution in [3.63, 3.8) is 0 Å². The first kappa shape index (κ1) is 22.8. The highest BCUT2D eigenvalue weighted by molar-refractivity contribution is 8.13. The van der Waals surface area contributed by atoms with Gasteiger partial charge in [0.25, 0.3) is 0 Å². The summed E-state index contributed by atoms with van der Waals surface area (Å²) in [4.78, 5) is 11.7. The minimum atomic E-state index is -0.705. The Hall–Kier alpha value is 0.750. The highest BCUT2D eigenvalue weighted by Crippen LogP contribution is 2.36. The molecule has 0 saturated carbocycles. The predicted molar refractivity (Wildman–Crippen MR) is 110 cm³/mol. The van der Waals surface area contributed by atoms with Gasteiger partial charge in [0.15, 0.2) is 0 Å². The van der Waals surface area contributed by atoms with E-state index in [0.717, 1.165) is 19.3 Å². The molecule has 2 atom stereocenters. The van der Waals surface area contributed by atoms with Gasteiger partial charge in [0, 0.05) is 0 Å². The molecule has 0 amide bonds. The molecule has 2 unspecified atom stereocenters. The van der Waals surface area contributed by atoms with Crippen molar-refractivity contribution in [2.24, 2.45) is 5.41 Å². The number of hydrogen-bond donors (Lipinski definition) is 2. The first-order valence-electron chi connectivity index (χ1n) is 8.47. The SMILES string of the molecule is CCCCCCCCCCCCC(C)(C(=O)Cl)C(S)C(=S)S. The van der Waals surface area contributed by atoms with E-state index in [1.54, 1.807) is 0 Å².